The number of esters is 1. The highest BCUT2D eigenvalue weighted by molar-refractivity contribution is 5.89. The van der Waals surface area contributed by atoms with Gasteiger partial charge >= 0.3 is 5.97 Å². The van der Waals surface area contributed by atoms with Gasteiger partial charge in [0, 0.05) is 28.9 Å². The van der Waals surface area contributed by atoms with Crippen LogP contribution in [0, 0.1) is 5.92 Å². The summed E-state index contributed by atoms with van der Waals surface area (Å²) in [5, 5.41) is 0. The molecule has 0 atom stereocenters. The number of pyridine rings is 1. The number of carbonyl (C=O) groups is 1. The second-order valence-corrected chi connectivity index (χ2v) is 9.32. The topological polar surface area (TPSA) is 57.5 Å². The van der Waals surface area contributed by atoms with E-state index in [0.717, 1.165) is 60.4 Å². The van der Waals surface area contributed by atoms with Crippen molar-refractivity contribution >= 4 is 11.5 Å². The molecule has 1 aromatic carbocycles. The van der Waals surface area contributed by atoms with E-state index in [9.17, 15) is 9.59 Å². The lowest BCUT2D eigenvalue weighted by Gasteiger charge is -2.49. The minimum atomic E-state index is -0.547. The van der Waals surface area contributed by atoms with Crippen molar-refractivity contribution in [1.82, 2.24) is 4.57 Å². The van der Waals surface area contributed by atoms with Gasteiger partial charge in [-0.3, -0.25) is 4.79 Å². The first-order valence-electron chi connectivity index (χ1n) is 11.3. The Labute approximate surface area is 182 Å². The summed E-state index contributed by atoms with van der Waals surface area (Å²) < 4.78 is 13.5. The van der Waals surface area contributed by atoms with Crippen molar-refractivity contribution in [2.45, 2.75) is 57.9 Å². The van der Waals surface area contributed by atoms with Gasteiger partial charge in [0.25, 0.3) is 0 Å². The number of nitrogens with zero attached hydrogens (tertiary/aromatic N) is 1. The Hall–Kier alpha value is -2.82. The molecule has 0 saturated heterocycles. The smallest absolute Gasteiger partial charge is 0.343 e. The fourth-order valence-corrected chi connectivity index (χ4v) is 4.89. The minimum absolute atomic E-state index is 0.0875. The molecule has 162 valence electrons. The molecule has 0 radical (unpaired) electrons. The maximum Gasteiger partial charge on any atom is 0.343 e. The van der Waals surface area contributed by atoms with Gasteiger partial charge in [0.1, 0.15) is 11.3 Å². The van der Waals surface area contributed by atoms with E-state index in [4.69, 9.17) is 9.47 Å². The molecule has 0 N–H and O–H groups in total. The molecule has 1 aromatic heterocycles. The summed E-state index contributed by atoms with van der Waals surface area (Å²) in [4.78, 5) is 25.2. The second kappa shape index (κ2) is 7.40. The van der Waals surface area contributed by atoms with Crippen LogP contribution in [0.1, 0.15) is 67.4 Å². The standard InChI is InChI=1S/C26H29NO4/c1-4-30-25(29)21-14-27-22(12-23(21)28)20-11-19(16(2)3)24(31-15-17-6-7-17)10-18(20)13-26(27)8-5-9-26/h10-12,14,17H,2,4-9,13,15H2,1,3H3. The highest BCUT2D eigenvalue weighted by Crippen LogP contribution is 2.50. The number of ether oxygens (including phenoxy) is 2. The van der Waals surface area contributed by atoms with Crippen LogP contribution in [0.5, 0.6) is 5.75 Å². The summed E-state index contributed by atoms with van der Waals surface area (Å²) in [6.07, 6.45) is 8.30. The van der Waals surface area contributed by atoms with Gasteiger partial charge in [0.15, 0.2) is 5.43 Å². The highest BCUT2D eigenvalue weighted by Gasteiger charge is 2.43. The first kappa shape index (κ1) is 20.1. The normalized spacial score (nSPS) is 18.0. The highest BCUT2D eigenvalue weighted by atomic mass is 16.5. The SMILES string of the molecule is C=C(C)c1cc2c(cc1OCC1CC1)CC1(CCC1)n1cc(C(=O)OCC)c(=O)cc1-2. The average Bonchev–Trinajstić information content (AvgIpc) is 3.53. The molecule has 2 saturated carbocycles. The van der Waals surface area contributed by atoms with Gasteiger partial charge < -0.3 is 14.0 Å². The van der Waals surface area contributed by atoms with Crippen LogP contribution in [-0.4, -0.2) is 23.8 Å². The average molecular weight is 420 g/mol. The van der Waals surface area contributed by atoms with Gasteiger partial charge in [-0.2, -0.15) is 0 Å². The molecule has 3 aliphatic rings. The second-order valence-electron chi connectivity index (χ2n) is 9.32. The molecule has 5 rings (SSSR count). The van der Waals surface area contributed by atoms with Crippen LogP contribution in [0.15, 0.2) is 35.8 Å². The van der Waals surface area contributed by atoms with Gasteiger partial charge in [-0.15, -0.1) is 0 Å². The lowest BCUT2D eigenvalue weighted by Crippen LogP contribution is -2.46. The Morgan fingerprint density at radius 1 is 1.23 bits per heavy atom. The van der Waals surface area contributed by atoms with E-state index < -0.39 is 5.97 Å². The van der Waals surface area contributed by atoms with Gasteiger partial charge in [-0.1, -0.05) is 6.58 Å². The van der Waals surface area contributed by atoms with Gasteiger partial charge in [0.2, 0.25) is 0 Å². The van der Waals surface area contributed by atoms with Gasteiger partial charge in [-0.25, -0.2) is 4.79 Å². The van der Waals surface area contributed by atoms with E-state index in [-0.39, 0.29) is 23.1 Å². The predicted octanol–water partition coefficient (Wildman–Crippen LogP) is 4.95. The van der Waals surface area contributed by atoms with Crippen LogP contribution in [0.4, 0.5) is 0 Å². The summed E-state index contributed by atoms with van der Waals surface area (Å²) in [5.41, 5.74) is 4.76. The Bertz CT molecular complexity index is 1130. The maximum absolute atomic E-state index is 12.8. The molecule has 2 heterocycles. The molecular formula is C26H29NO4. The Balaban J connectivity index is 1.65. The van der Waals surface area contributed by atoms with E-state index in [2.05, 4.69) is 23.3 Å². The third-order valence-electron chi connectivity index (χ3n) is 6.97. The van der Waals surface area contributed by atoms with Crippen LogP contribution in [0.3, 0.4) is 0 Å². The summed E-state index contributed by atoms with van der Waals surface area (Å²) >= 11 is 0. The molecule has 5 heteroatoms. The molecule has 0 bridgehead atoms. The zero-order valence-electron chi connectivity index (χ0n) is 18.3. The minimum Gasteiger partial charge on any atom is -0.493 e. The number of hydrogen-bond donors (Lipinski definition) is 0. The molecule has 5 nitrogen and oxygen atoms in total. The maximum atomic E-state index is 12.8. The summed E-state index contributed by atoms with van der Waals surface area (Å²) in [6, 6.07) is 5.88. The first-order valence-corrected chi connectivity index (χ1v) is 11.3. The molecule has 2 fully saturated rings. The van der Waals surface area contributed by atoms with Crippen molar-refractivity contribution in [2.75, 3.05) is 13.2 Å². The van der Waals surface area contributed by atoms with Crippen LogP contribution >= 0.6 is 0 Å². The monoisotopic (exact) mass is 419 g/mol. The lowest BCUT2D eigenvalue weighted by molar-refractivity contribution is 0.0521. The Kier molecular flexibility index (Phi) is 4.80. The van der Waals surface area contributed by atoms with Crippen molar-refractivity contribution in [3.63, 3.8) is 0 Å². The van der Waals surface area contributed by atoms with Crippen LogP contribution < -0.4 is 10.2 Å². The number of hydrogen-bond acceptors (Lipinski definition) is 4. The summed E-state index contributed by atoms with van der Waals surface area (Å²) in [5.74, 6) is 1.02. The third-order valence-corrected chi connectivity index (χ3v) is 6.97. The molecule has 1 spiro atoms. The lowest BCUT2D eigenvalue weighted by atomic mass is 9.69. The van der Waals surface area contributed by atoms with Crippen LogP contribution in [-0.2, 0) is 16.7 Å². The van der Waals surface area contributed by atoms with Crippen molar-refractivity contribution < 1.29 is 14.3 Å². The van der Waals surface area contributed by atoms with Gasteiger partial charge in [0.05, 0.1) is 18.9 Å². The zero-order valence-corrected chi connectivity index (χ0v) is 18.3. The van der Waals surface area contributed by atoms with Crippen molar-refractivity contribution in [3.05, 3.63) is 57.9 Å². The molecule has 1 aliphatic heterocycles. The van der Waals surface area contributed by atoms with E-state index in [1.165, 1.54) is 18.4 Å². The van der Waals surface area contributed by atoms with E-state index in [1.54, 1.807) is 19.2 Å². The summed E-state index contributed by atoms with van der Waals surface area (Å²) in [6.45, 7) is 8.89. The van der Waals surface area contributed by atoms with Crippen molar-refractivity contribution in [2.24, 2.45) is 5.92 Å². The number of aromatic nitrogens is 1. The van der Waals surface area contributed by atoms with E-state index in [1.807, 2.05) is 6.92 Å². The molecule has 2 aliphatic carbocycles. The largest absolute Gasteiger partial charge is 0.493 e. The summed E-state index contributed by atoms with van der Waals surface area (Å²) in [7, 11) is 0. The molecule has 31 heavy (non-hydrogen) atoms. The number of fused-ring (bicyclic) bond motifs is 4. The molecular weight excluding hydrogens is 390 g/mol. The third kappa shape index (κ3) is 3.40. The quantitative estimate of drug-likeness (QED) is 0.622. The Morgan fingerprint density at radius 3 is 2.61 bits per heavy atom. The van der Waals surface area contributed by atoms with E-state index in [0.29, 0.717) is 5.92 Å². The van der Waals surface area contributed by atoms with Crippen molar-refractivity contribution in [1.29, 1.82) is 0 Å². The molecule has 0 unspecified atom stereocenters. The Morgan fingerprint density at radius 2 is 2.00 bits per heavy atom. The van der Waals surface area contributed by atoms with Gasteiger partial charge in [-0.05, 0) is 81.6 Å². The molecule has 0 amide bonds. The van der Waals surface area contributed by atoms with E-state index >= 15 is 0 Å². The fraction of sp³-hybridized carbons (Fsp3) is 0.462. The number of allylic oxidation sites excluding steroid dienone is 1. The predicted molar refractivity (Wildman–Crippen MR) is 121 cm³/mol. The van der Waals surface area contributed by atoms with Crippen molar-refractivity contribution in [3.8, 4) is 17.0 Å². The fourth-order valence-electron chi connectivity index (χ4n) is 4.89. The van der Waals surface area contributed by atoms with Crippen LogP contribution in [0.25, 0.3) is 16.8 Å². The molecule has 2 aromatic rings. The first-order chi connectivity index (χ1) is 14.9. The number of benzene rings is 1. The number of rotatable bonds is 6. The van der Waals surface area contributed by atoms with Crippen LogP contribution in [0.2, 0.25) is 0 Å². The zero-order chi connectivity index (χ0) is 21.8. The number of carbonyl (C=O) groups excluding carboxylic acids is 1.